The van der Waals surface area contributed by atoms with Gasteiger partial charge in [0.25, 0.3) is 5.91 Å². The molecule has 1 amide bonds. The number of nitrogens with zero attached hydrogens (tertiary/aromatic N) is 4. The van der Waals surface area contributed by atoms with Crippen molar-refractivity contribution in [1.82, 2.24) is 9.88 Å². The number of nitro groups is 1. The third kappa shape index (κ3) is 5.32. The molecule has 0 unspecified atom stereocenters. The third-order valence-electron chi connectivity index (χ3n) is 5.13. The van der Waals surface area contributed by atoms with E-state index in [4.69, 9.17) is 9.72 Å². The van der Waals surface area contributed by atoms with Crippen LogP contribution in [0.5, 0.6) is 5.75 Å². The van der Waals surface area contributed by atoms with Crippen molar-refractivity contribution >= 4 is 55.0 Å². The van der Waals surface area contributed by atoms with Crippen LogP contribution >= 0.6 is 22.7 Å². The molecule has 0 atom stereocenters. The zero-order chi connectivity index (χ0) is 23.3. The smallest absolute Gasteiger partial charge is 0.324 e. The Morgan fingerprint density at radius 3 is 2.56 bits per heavy atom. The number of fused-ring (bicyclic) bond motifs is 1. The second-order valence-electron chi connectivity index (χ2n) is 7.04. The van der Waals surface area contributed by atoms with Gasteiger partial charge in [-0.3, -0.25) is 19.8 Å². The number of aryl methyl sites for hydroxylation is 1. The van der Waals surface area contributed by atoms with Crippen LogP contribution in [0.15, 0.2) is 30.3 Å². The second-order valence-corrected chi connectivity index (χ2v) is 9.11. The quantitative estimate of drug-likeness (QED) is 0.234. The highest BCUT2D eigenvalue weighted by Gasteiger charge is 2.21. The van der Waals surface area contributed by atoms with Crippen LogP contribution in [0.25, 0.3) is 16.3 Å². The van der Waals surface area contributed by atoms with Crippen LogP contribution in [0, 0.1) is 17.0 Å². The van der Waals surface area contributed by atoms with E-state index in [2.05, 4.69) is 18.7 Å². The van der Waals surface area contributed by atoms with Crippen molar-refractivity contribution in [1.29, 1.82) is 0 Å². The highest BCUT2D eigenvalue weighted by Crippen LogP contribution is 2.36. The summed E-state index contributed by atoms with van der Waals surface area (Å²) in [5, 5.41) is 11.6. The number of carbonyl (C=O) groups excluding carboxylic acids is 1. The molecule has 0 aliphatic rings. The van der Waals surface area contributed by atoms with E-state index in [-0.39, 0.29) is 10.9 Å². The van der Waals surface area contributed by atoms with Gasteiger partial charge in [0.15, 0.2) is 5.13 Å². The number of hydrogen-bond acceptors (Lipinski definition) is 8. The molecule has 0 saturated carbocycles. The summed E-state index contributed by atoms with van der Waals surface area (Å²) in [5.74, 6) is 0.453. The molecule has 10 heteroatoms. The number of rotatable bonds is 10. The van der Waals surface area contributed by atoms with Crippen LogP contribution < -0.4 is 9.64 Å². The average molecular weight is 475 g/mol. The number of likely N-dealkylation sites (N-methyl/N-ethyl adjacent to an activating group) is 1. The standard InChI is InChI=1S/C22H26N4O4S2/c1-5-24(6-2)13-14-25(18(27)11-8-16-9-12-19(31-16)26(28)29)22-23-20-17(30-4)10-7-15(3)21(20)32-22/h7-12H,5-6,13-14H2,1-4H3/b11-8+. The first-order valence-electron chi connectivity index (χ1n) is 10.3. The van der Waals surface area contributed by atoms with Crippen molar-refractivity contribution in [3.63, 3.8) is 0 Å². The third-order valence-corrected chi connectivity index (χ3v) is 7.34. The first kappa shape index (κ1) is 23.8. The maximum atomic E-state index is 13.2. The summed E-state index contributed by atoms with van der Waals surface area (Å²) in [5.41, 5.74) is 1.81. The molecular formula is C22H26N4O4S2. The lowest BCUT2D eigenvalue weighted by Crippen LogP contribution is -2.38. The van der Waals surface area contributed by atoms with Crippen molar-refractivity contribution in [2.75, 3.05) is 38.2 Å². The molecule has 32 heavy (non-hydrogen) atoms. The van der Waals surface area contributed by atoms with E-state index in [0.29, 0.717) is 28.8 Å². The van der Waals surface area contributed by atoms with Gasteiger partial charge < -0.3 is 9.64 Å². The number of methoxy groups -OCH3 is 1. The lowest BCUT2D eigenvalue weighted by atomic mass is 10.2. The Bertz CT molecular complexity index is 1130. The van der Waals surface area contributed by atoms with Crippen molar-refractivity contribution in [2.24, 2.45) is 0 Å². The molecule has 0 aliphatic carbocycles. The Balaban J connectivity index is 1.93. The molecular weight excluding hydrogens is 448 g/mol. The average Bonchev–Trinajstić information content (AvgIpc) is 3.44. The Hall–Kier alpha value is -2.82. The topological polar surface area (TPSA) is 88.8 Å². The monoisotopic (exact) mass is 474 g/mol. The number of hydrogen-bond donors (Lipinski definition) is 0. The van der Waals surface area contributed by atoms with Gasteiger partial charge in [-0.1, -0.05) is 42.6 Å². The number of amides is 1. The number of benzene rings is 1. The van der Waals surface area contributed by atoms with Crippen molar-refractivity contribution in [2.45, 2.75) is 20.8 Å². The first-order chi connectivity index (χ1) is 15.4. The molecule has 0 radical (unpaired) electrons. The molecule has 0 N–H and O–H groups in total. The van der Waals surface area contributed by atoms with Gasteiger partial charge in [-0.2, -0.15) is 0 Å². The normalized spacial score (nSPS) is 11.5. The van der Waals surface area contributed by atoms with Crippen LogP contribution in [0.2, 0.25) is 0 Å². The second kappa shape index (κ2) is 10.7. The molecule has 0 fully saturated rings. The highest BCUT2D eigenvalue weighted by molar-refractivity contribution is 7.22. The van der Waals surface area contributed by atoms with E-state index in [0.717, 1.165) is 40.2 Å². The summed E-state index contributed by atoms with van der Waals surface area (Å²) < 4.78 is 6.44. The fraction of sp³-hybridized carbons (Fsp3) is 0.364. The maximum Gasteiger partial charge on any atom is 0.324 e. The molecule has 0 bridgehead atoms. The van der Waals surface area contributed by atoms with Crippen molar-refractivity contribution < 1.29 is 14.5 Å². The molecule has 3 aromatic rings. The summed E-state index contributed by atoms with van der Waals surface area (Å²) in [6, 6.07) is 6.94. The zero-order valence-electron chi connectivity index (χ0n) is 18.5. The number of carbonyl (C=O) groups is 1. The SMILES string of the molecule is CCN(CC)CCN(C(=O)/C=C/c1ccc([N+](=O)[O-])s1)c1nc2c(OC)ccc(C)c2s1. The Labute approximate surface area is 194 Å². The Morgan fingerprint density at radius 1 is 1.19 bits per heavy atom. The lowest BCUT2D eigenvalue weighted by molar-refractivity contribution is -0.380. The van der Waals surface area contributed by atoms with E-state index in [9.17, 15) is 14.9 Å². The molecule has 0 spiro atoms. The van der Waals surface area contributed by atoms with Crippen LogP contribution in [0.3, 0.4) is 0 Å². The minimum atomic E-state index is -0.433. The Kier molecular flexibility index (Phi) is 7.94. The van der Waals surface area contributed by atoms with Gasteiger partial charge >= 0.3 is 5.00 Å². The van der Waals surface area contributed by atoms with E-state index in [1.807, 2.05) is 19.1 Å². The number of aromatic nitrogens is 1. The van der Waals surface area contributed by atoms with Gasteiger partial charge in [-0.05, 0) is 43.8 Å². The molecule has 170 valence electrons. The van der Waals surface area contributed by atoms with Gasteiger partial charge in [0.05, 0.1) is 16.7 Å². The maximum absolute atomic E-state index is 13.2. The number of anilines is 1. The molecule has 8 nitrogen and oxygen atoms in total. The summed E-state index contributed by atoms with van der Waals surface area (Å²) in [6.45, 7) is 9.16. The van der Waals surface area contributed by atoms with Crippen LogP contribution in [0.4, 0.5) is 10.1 Å². The van der Waals surface area contributed by atoms with Crippen LogP contribution in [0.1, 0.15) is 24.3 Å². The van der Waals surface area contributed by atoms with Gasteiger partial charge in [0.1, 0.15) is 11.3 Å². The molecule has 0 saturated heterocycles. The highest BCUT2D eigenvalue weighted by atomic mass is 32.1. The van der Waals surface area contributed by atoms with Crippen molar-refractivity contribution in [3.05, 3.63) is 50.9 Å². The van der Waals surface area contributed by atoms with Gasteiger partial charge in [-0.25, -0.2) is 4.98 Å². The summed E-state index contributed by atoms with van der Waals surface area (Å²) in [6.07, 6.45) is 3.07. The number of thiazole rings is 1. The number of thiophene rings is 1. The molecule has 3 rings (SSSR count). The van der Waals surface area contributed by atoms with E-state index in [1.54, 1.807) is 24.2 Å². The molecule has 2 heterocycles. The number of ether oxygens (including phenoxy) is 1. The van der Waals surface area contributed by atoms with E-state index < -0.39 is 4.92 Å². The minimum Gasteiger partial charge on any atom is -0.494 e. The fourth-order valence-electron chi connectivity index (χ4n) is 3.23. The lowest BCUT2D eigenvalue weighted by Gasteiger charge is -2.23. The van der Waals surface area contributed by atoms with E-state index in [1.165, 1.54) is 23.5 Å². The molecule has 0 aliphatic heterocycles. The predicted molar refractivity (Wildman–Crippen MR) is 131 cm³/mol. The minimum absolute atomic E-state index is 0.0456. The van der Waals surface area contributed by atoms with Gasteiger partial charge in [0, 0.05) is 30.1 Å². The fourth-order valence-corrected chi connectivity index (χ4v) is 5.04. The first-order valence-corrected chi connectivity index (χ1v) is 11.9. The van der Waals surface area contributed by atoms with Crippen LogP contribution in [-0.2, 0) is 4.79 Å². The van der Waals surface area contributed by atoms with Crippen molar-refractivity contribution in [3.8, 4) is 5.75 Å². The van der Waals surface area contributed by atoms with Gasteiger partial charge in [0.2, 0.25) is 0 Å². The zero-order valence-corrected chi connectivity index (χ0v) is 20.2. The summed E-state index contributed by atoms with van der Waals surface area (Å²) in [7, 11) is 1.61. The summed E-state index contributed by atoms with van der Waals surface area (Å²) >= 11 is 2.49. The van der Waals surface area contributed by atoms with E-state index >= 15 is 0 Å². The largest absolute Gasteiger partial charge is 0.494 e. The van der Waals surface area contributed by atoms with Gasteiger partial charge in [-0.15, -0.1) is 0 Å². The molecule has 2 aromatic heterocycles. The molecule has 1 aromatic carbocycles. The predicted octanol–water partition coefficient (Wildman–Crippen LogP) is 4.97. The Morgan fingerprint density at radius 2 is 1.94 bits per heavy atom. The summed E-state index contributed by atoms with van der Waals surface area (Å²) in [4.78, 5) is 33.0. The van der Waals surface area contributed by atoms with Crippen LogP contribution in [-0.4, -0.2) is 54.0 Å².